The third-order valence-electron chi connectivity index (χ3n) is 4.67. The van der Waals surface area contributed by atoms with E-state index in [0.717, 1.165) is 0 Å². The molecule has 0 amide bonds. The van der Waals surface area contributed by atoms with Crippen molar-refractivity contribution in [3.05, 3.63) is 94.5 Å². The number of halogens is 2. The minimum atomic E-state index is 0. The second-order valence-corrected chi connectivity index (χ2v) is 8.51. The van der Waals surface area contributed by atoms with Crippen molar-refractivity contribution in [1.29, 1.82) is 0 Å². The van der Waals surface area contributed by atoms with E-state index < -0.39 is 0 Å². The molecule has 3 aromatic rings. The van der Waals surface area contributed by atoms with Crippen molar-refractivity contribution in [2.45, 2.75) is 46.5 Å². The van der Waals surface area contributed by atoms with Gasteiger partial charge >= 0.3 is 70.3 Å². The summed E-state index contributed by atoms with van der Waals surface area (Å²) >= 11 is 1.51. The quantitative estimate of drug-likeness (QED) is 0.435. The van der Waals surface area contributed by atoms with Crippen molar-refractivity contribution in [2.75, 3.05) is 0 Å². The van der Waals surface area contributed by atoms with Crippen LogP contribution in [0.4, 0.5) is 0 Å². The average Bonchev–Trinajstić information content (AvgIpc) is 3.26. The van der Waals surface area contributed by atoms with Crippen LogP contribution in [-0.2, 0) is 37.1 Å². The number of hydrogen-bond donors (Lipinski definition) is 0. The Bertz CT molecular complexity index is 732. The standard InChI is InChI=1S/C9H11.C8H8.C7H9.2ClH.Zr/c1-2-5-9-7-3-6-8(9)4-1;1-2-8-6-4-3-5-7-8;1-6-4-3-5-7(6)2;;;/h3,6-7H,1-2,4-5H2;3-7H,1H3;3-5H,1-2H3;2*1H;/q-1;;-1;;;+2/p-2. The first-order valence-corrected chi connectivity index (χ1v) is 10.3. The molecule has 3 heteroatoms. The van der Waals surface area contributed by atoms with Gasteiger partial charge in [-0.3, -0.25) is 0 Å². The summed E-state index contributed by atoms with van der Waals surface area (Å²) < 4.78 is 1.46. The van der Waals surface area contributed by atoms with Gasteiger partial charge in [-0.25, -0.2) is 6.07 Å². The zero-order chi connectivity index (χ0) is 18.1. The van der Waals surface area contributed by atoms with Crippen molar-refractivity contribution < 1.29 is 49.0 Å². The first kappa shape index (κ1) is 26.3. The maximum absolute atomic E-state index is 2.26. The summed E-state index contributed by atoms with van der Waals surface area (Å²) in [6.45, 7) is 6.40. The maximum Gasteiger partial charge on any atom is -0.0512 e. The van der Waals surface area contributed by atoms with E-state index in [-0.39, 0.29) is 24.8 Å². The van der Waals surface area contributed by atoms with Crippen LogP contribution in [0.3, 0.4) is 0 Å². The number of hydrogen-bond acceptors (Lipinski definition) is 0. The van der Waals surface area contributed by atoms with Gasteiger partial charge in [-0.1, -0.05) is 39.5 Å². The Morgan fingerprint density at radius 1 is 0.889 bits per heavy atom. The topological polar surface area (TPSA) is 0 Å². The molecule has 3 aromatic carbocycles. The molecule has 0 atom stereocenters. The first-order chi connectivity index (χ1) is 12.1. The second-order valence-electron chi connectivity index (χ2n) is 6.67. The van der Waals surface area contributed by atoms with Crippen molar-refractivity contribution >= 4 is 3.21 Å². The predicted octanol–water partition coefficient (Wildman–Crippen LogP) is 0.0884. The van der Waals surface area contributed by atoms with Gasteiger partial charge in [0.15, 0.2) is 0 Å². The van der Waals surface area contributed by atoms with Crippen molar-refractivity contribution in [3.8, 4) is 0 Å². The van der Waals surface area contributed by atoms with Gasteiger partial charge in [0.1, 0.15) is 0 Å². The molecule has 4 rings (SSSR count). The summed E-state index contributed by atoms with van der Waals surface area (Å²) in [5.74, 6) is 0. The van der Waals surface area contributed by atoms with E-state index >= 15 is 0 Å². The maximum atomic E-state index is 2.26. The van der Waals surface area contributed by atoms with Crippen molar-refractivity contribution in [1.82, 2.24) is 0 Å². The molecule has 0 saturated heterocycles. The number of fused-ring (bicyclic) bond motifs is 1. The number of aryl methyl sites for hydroxylation is 4. The van der Waals surface area contributed by atoms with Gasteiger partial charge in [-0.2, -0.15) is 52.6 Å². The molecular formula is C24H28Cl2Zr-2. The van der Waals surface area contributed by atoms with Gasteiger partial charge in [-0.15, -0.1) is 0 Å². The minimum Gasteiger partial charge on any atom is -1.00 e. The zero-order valence-electron chi connectivity index (χ0n) is 16.4. The molecule has 0 spiro atoms. The third-order valence-corrected chi connectivity index (χ3v) is 5.38. The molecule has 0 aromatic heterocycles. The molecule has 144 valence electrons. The SMILES string of the molecule is C[C](=[Zr+2])c1ccccc1.Cc1c[cH-]cc1C.[Cl-].[Cl-].c1cc2c([cH-]1)CCCC2. The molecule has 0 bridgehead atoms. The van der Waals surface area contributed by atoms with E-state index in [9.17, 15) is 0 Å². The molecule has 0 radical (unpaired) electrons. The zero-order valence-corrected chi connectivity index (χ0v) is 20.4. The molecule has 0 saturated carbocycles. The van der Waals surface area contributed by atoms with Crippen LogP contribution in [-0.4, -0.2) is 3.21 Å². The van der Waals surface area contributed by atoms with Crippen molar-refractivity contribution in [2.24, 2.45) is 0 Å². The summed E-state index contributed by atoms with van der Waals surface area (Å²) in [6, 6.07) is 23.5. The summed E-state index contributed by atoms with van der Waals surface area (Å²) in [6.07, 6.45) is 5.44. The summed E-state index contributed by atoms with van der Waals surface area (Å²) in [4.78, 5) is 0. The van der Waals surface area contributed by atoms with Crippen LogP contribution in [0.1, 0.15) is 47.6 Å². The Morgan fingerprint density at radius 3 is 1.93 bits per heavy atom. The molecule has 0 unspecified atom stereocenters. The third kappa shape index (κ3) is 9.33. The van der Waals surface area contributed by atoms with Crippen LogP contribution in [0, 0.1) is 13.8 Å². The van der Waals surface area contributed by atoms with Crippen LogP contribution < -0.4 is 24.8 Å². The molecule has 27 heavy (non-hydrogen) atoms. The number of rotatable bonds is 1. The summed E-state index contributed by atoms with van der Waals surface area (Å²) in [7, 11) is 0. The smallest absolute Gasteiger partial charge is 0.0512 e. The Labute approximate surface area is 192 Å². The predicted molar refractivity (Wildman–Crippen MR) is 106 cm³/mol. The summed E-state index contributed by atoms with van der Waals surface area (Å²) in [5.41, 5.74) is 7.35. The van der Waals surface area contributed by atoms with Gasteiger partial charge < -0.3 is 24.8 Å². The van der Waals surface area contributed by atoms with Crippen LogP contribution in [0.2, 0.25) is 0 Å². The fraction of sp³-hybridized carbons (Fsp3) is 0.292. The Hall–Kier alpha value is -0.747. The van der Waals surface area contributed by atoms with Crippen molar-refractivity contribution in [3.63, 3.8) is 0 Å². The van der Waals surface area contributed by atoms with Gasteiger partial charge in [0.2, 0.25) is 0 Å². The average molecular weight is 479 g/mol. The molecule has 0 nitrogen and oxygen atoms in total. The molecular weight excluding hydrogens is 450 g/mol. The van der Waals surface area contributed by atoms with Gasteiger partial charge in [0.25, 0.3) is 0 Å². The van der Waals surface area contributed by atoms with Crippen LogP contribution in [0.25, 0.3) is 0 Å². The number of benzene rings is 1. The first-order valence-electron chi connectivity index (χ1n) is 9.11. The van der Waals surface area contributed by atoms with Gasteiger partial charge in [0, 0.05) is 0 Å². The summed E-state index contributed by atoms with van der Waals surface area (Å²) in [5, 5.41) is 0. The monoisotopic (exact) mass is 476 g/mol. The Morgan fingerprint density at radius 2 is 1.48 bits per heavy atom. The van der Waals surface area contributed by atoms with E-state index in [2.05, 4.69) is 81.4 Å². The van der Waals surface area contributed by atoms with Gasteiger partial charge in [0.05, 0.1) is 0 Å². The van der Waals surface area contributed by atoms with E-state index in [1.807, 2.05) is 6.07 Å². The van der Waals surface area contributed by atoms with E-state index in [1.54, 1.807) is 11.1 Å². The van der Waals surface area contributed by atoms with Gasteiger partial charge in [-0.05, 0) is 0 Å². The van der Waals surface area contributed by atoms with Crippen LogP contribution >= 0.6 is 0 Å². The van der Waals surface area contributed by atoms with Crippen LogP contribution in [0.5, 0.6) is 0 Å². The van der Waals surface area contributed by atoms with E-state index in [4.69, 9.17) is 0 Å². The molecule has 1 aliphatic rings. The van der Waals surface area contributed by atoms with E-state index in [1.165, 1.54) is 69.8 Å². The molecule has 1 aliphatic carbocycles. The van der Waals surface area contributed by atoms with E-state index in [0.29, 0.717) is 0 Å². The molecule has 0 heterocycles. The normalized spacial score (nSPS) is 11.3. The minimum absolute atomic E-state index is 0. The molecule has 0 aliphatic heterocycles. The fourth-order valence-electron chi connectivity index (χ4n) is 2.90. The van der Waals surface area contributed by atoms with Crippen LogP contribution in [0.15, 0.2) is 66.7 Å². The fourth-order valence-corrected chi connectivity index (χ4v) is 3.31. The second kappa shape index (κ2) is 14.3. The largest absolute Gasteiger partial charge is 1.00 e. The Balaban J connectivity index is 0.000000365. The molecule has 0 fully saturated rings. The molecule has 0 N–H and O–H groups in total. The Kier molecular flexibility index (Phi) is 13.9.